The zero-order valence-electron chi connectivity index (χ0n) is 13.2. The summed E-state index contributed by atoms with van der Waals surface area (Å²) in [7, 11) is 0. The molecule has 1 N–H and O–H groups in total. The van der Waals surface area contributed by atoms with E-state index in [0.717, 1.165) is 24.0 Å². The number of hydrogen-bond donors (Lipinski definition) is 1. The zero-order valence-corrected chi connectivity index (χ0v) is 13.2. The summed E-state index contributed by atoms with van der Waals surface area (Å²) in [6, 6.07) is 0. The smallest absolute Gasteiger partial charge is 0.303 e. The first-order valence-electron chi connectivity index (χ1n) is 7.43. The van der Waals surface area contributed by atoms with Gasteiger partial charge in [0.2, 0.25) is 0 Å². The van der Waals surface area contributed by atoms with Gasteiger partial charge in [0, 0.05) is 28.9 Å². The minimum Gasteiger partial charge on any atom is -0.457 e. The molecule has 0 heterocycles. The Morgan fingerprint density at radius 3 is 2.38 bits per heavy atom. The molecule has 4 nitrogen and oxygen atoms in total. The van der Waals surface area contributed by atoms with Crippen LogP contribution in [-0.4, -0.2) is 28.6 Å². The van der Waals surface area contributed by atoms with Crippen molar-refractivity contribution >= 4 is 11.8 Å². The average Bonchev–Trinajstić information content (AvgIpc) is 3.10. The molecule has 0 aromatic carbocycles. The van der Waals surface area contributed by atoms with Crippen LogP contribution in [0.4, 0.5) is 0 Å². The number of carbonyl (C=O) groups is 2. The standard InChI is InChI=1S/C17H22O4/c1-9-12-11(8-15(3,4)14(12)21-10(2)18)13(19)16(5,20)17(9)6-7-17/h8,14,20H,6-7H2,1-5H3. The van der Waals surface area contributed by atoms with Crippen LogP contribution in [0.5, 0.6) is 0 Å². The highest BCUT2D eigenvalue weighted by Crippen LogP contribution is 2.65. The Morgan fingerprint density at radius 1 is 1.33 bits per heavy atom. The third-order valence-electron chi connectivity index (χ3n) is 5.52. The molecule has 3 rings (SSSR count). The monoisotopic (exact) mass is 290 g/mol. The van der Waals surface area contributed by atoms with E-state index in [1.54, 1.807) is 6.92 Å². The lowest BCUT2D eigenvalue weighted by molar-refractivity contribution is -0.148. The molecule has 0 aromatic rings. The van der Waals surface area contributed by atoms with Crippen molar-refractivity contribution in [3.8, 4) is 0 Å². The van der Waals surface area contributed by atoms with E-state index < -0.39 is 22.5 Å². The van der Waals surface area contributed by atoms with Gasteiger partial charge in [-0.25, -0.2) is 0 Å². The Labute approximate surface area is 124 Å². The highest BCUT2D eigenvalue weighted by atomic mass is 16.5. The SMILES string of the molecule is CC(=O)OC1C2=C(C)C3(CC3)C(C)(O)C(=O)C2=CC1(C)C. The molecule has 0 amide bonds. The average molecular weight is 290 g/mol. The van der Waals surface area contributed by atoms with Gasteiger partial charge in [0.05, 0.1) is 0 Å². The quantitative estimate of drug-likeness (QED) is 0.753. The number of ether oxygens (including phenoxy) is 1. The molecule has 21 heavy (non-hydrogen) atoms. The van der Waals surface area contributed by atoms with Gasteiger partial charge >= 0.3 is 5.97 Å². The summed E-state index contributed by atoms with van der Waals surface area (Å²) in [6.45, 7) is 8.88. The van der Waals surface area contributed by atoms with Crippen molar-refractivity contribution in [2.75, 3.05) is 0 Å². The van der Waals surface area contributed by atoms with E-state index in [0.29, 0.717) is 5.57 Å². The van der Waals surface area contributed by atoms with Crippen LogP contribution in [0.1, 0.15) is 47.5 Å². The second-order valence-electron chi connectivity index (χ2n) is 7.39. The molecule has 4 heteroatoms. The highest BCUT2D eigenvalue weighted by Gasteiger charge is 2.66. The van der Waals surface area contributed by atoms with Gasteiger partial charge in [-0.05, 0) is 26.7 Å². The first kappa shape index (κ1) is 14.5. The maximum atomic E-state index is 12.8. The summed E-state index contributed by atoms with van der Waals surface area (Å²) in [5, 5.41) is 10.8. The second-order valence-corrected chi connectivity index (χ2v) is 7.39. The molecular formula is C17H22O4. The van der Waals surface area contributed by atoms with Crippen molar-refractivity contribution in [2.45, 2.75) is 59.2 Å². The predicted molar refractivity (Wildman–Crippen MR) is 77.4 cm³/mol. The molecule has 1 saturated carbocycles. The third-order valence-corrected chi connectivity index (χ3v) is 5.52. The van der Waals surface area contributed by atoms with Crippen molar-refractivity contribution in [3.63, 3.8) is 0 Å². The van der Waals surface area contributed by atoms with E-state index in [4.69, 9.17) is 4.74 Å². The van der Waals surface area contributed by atoms with Gasteiger partial charge in [-0.15, -0.1) is 0 Å². The summed E-state index contributed by atoms with van der Waals surface area (Å²) < 4.78 is 5.52. The number of aliphatic hydroxyl groups is 1. The van der Waals surface area contributed by atoms with Crippen molar-refractivity contribution in [1.29, 1.82) is 0 Å². The molecule has 1 spiro atoms. The summed E-state index contributed by atoms with van der Waals surface area (Å²) in [4.78, 5) is 24.2. The van der Waals surface area contributed by atoms with E-state index >= 15 is 0 Å². The fourth-order valence-corrected chi connectivity index (χ4v) is 4.09. The summed E-state index contributed by atoms with van der Waals surface area (Å²) in [5.74, 6) is -0.582. The van der Waals surface area contributed by atoms with Crippen molar-refractivity contribution < 1.29 is 19.4 Å². The van der Waals surface area contributed by atoms with Gasteiger partial charge in [-0.1, -0.05) is 25.5 Å². The third kappa shape index (κ3) is 1.65. The lowest BCUT2D eigenvalue weighted by Crippen LogP contribution is -2.50. The number of rotatable bonds is 1. The van der Waals surface area contributed by atoms with E-state index in [2.05, 4.69) is 0 Å². The van der Waals surface area contributed by atoms with E-state index in [1.165, 1.54) is 6.92 Å². The molecule has 2 atom stereocenters. The van der Waals surface area contributed by atoms with Crippen LogP contribution in [-0.2, 0) is 14.3 Å². The van der Waals surface area contributed by atoms with Crippen molar-refractivity contribution in [2.24, 2.45) is 10.8 Å². The van der Waals surface area contributed by atoms with E-state index in [-0.39, 0.29) is 11.8 Å². The maximum absolute atomic E-state index is 12.8. The topological polar surface area (TPSA) is 63.6 Å². The van der Waals surface area contributed by atoms with Crippen molar-refractivity contribution in [1.82, 2.24) is 0 Å². The van der Waals surface area contributed by atoms with Gasteiger partial charge in [0.25, 0.3) is 0 Å². The fourth-order valence-electron chi connectivity index (χ4n) is 4.09. The number of hydrogen-bond acceptors (Lipinski definition) is 4. The lowest BCUT2D eigenvalue weighted by atomic mass is 9.67. The normalized spacial score (nSPS) is 35.6. The minimum atomic E-state index is -1.35. The molecule has 0 radical (unpaired) electrons. The lowest BCUT2D eigenvalue weighted by Gasteiger charge is -2.40. The molecular weight excluding hydrogens is 268 g/mol. The van der Waals surface area contributed by atoms with Crippen LogP contribution in [0.2, 0.25) is 0 Å². The molecule has 0 aliphatic heterocycles. The molecule has 0 saturated heterocycles. The van der Waals surface area contributed by atoms with E-state index in [9.17, 15) is 14.7 Å². The Bertz CT molecular complexity index is 615. The molecule has 2 unspecified atom stereocenters. The van der Waals surface area contributed by atoms with Crippen LogP contribution >= 0.6 is 0 Å². The minimum absolute atomic E-state index is 0.233. The zero-order chi connectivity index (χ0) is 15.8. The number of ketones is 1. The number of esters is 1. The summed E-state index contributed by atoms with van der Waals surface area (Å²) >= 11 is 0. The van der Waals surface area contributed by atoms with Gasteiger partial charge in [0.15, 0.2) is 5.78 Å². The molecule has 1 fully saturated rings. The fraction of sp³-hybridized carbons (Fsp3) is 0.647. The van der Waals surface area contributed by atoms with Crippen LogP contribution in [0.25, 0.3) is 0 Å². The van der Waals surface area contributed by atoms with Gasteiger partial charge in [-0.3, -0.25) is 9.59 Å². The maximum Gasteiger partial charge on any atom is 0.303 e. The molecule has 0 bridgehead atoms. The first-order valence-corrected chi connectivity index (χ1v) is 7.43. The largest absolute Gasteiger partial charge is 0.457 e. The Hall–Kier alpha value is -1.42. The molecule has 3 aliphatic carbocycles. The molecule has 114 valence electrons. The number of carbonyl (C=O) groups excluding carboxylic acids is 2. The summed E-state index contributed by atoms with van der Waals surface area (Å²) in [5.41, 5.74) is 0.109. The van der Waals surface area contributed by atoms with Crippen LogP contribution in [0, 0.1) is 10.8 Å². The van der Waals surface area contributed by atoms with Gasteiger partial charge in [-0.2, -0.15) is 0 Å². The van der Waals surface area contributed by atoms with Gasteiger partial charge < -0.3 is 9.84 Å². The van der Waals surface area contributed by atoms with Gasteiger partial charge in [0.1, 0.15) is 11.7 Å². The molecule has 3 aliphatic rings. The number of fused-ring (bicyclic) bond motifs is 1. The van der Waals surface area contributed by atoms with Crippen LogP contribution < -0.4 is 0 Å². The molecule has 0 aromatic heterocycles. The Kier molecular flexibility index (Phi) is 2.67. The van der Waals surface area contributed by atoms with E-state index in [1.807, 2.05) is 26.8 Å². The highest BCUT2D eigenvalue weighted by molar-refractivity contribution is 6.09. The Morgan fingerprint density at radius 2 is 1.90 bits per heavy atom. The Balaban J connectivity index is 2.21. The van der Waals surface area contributed by atoms with Crippen molar-refractivity contribution in [3.05, 3.63) is 22.8 Å². The predicted octanol–water partition coefficient (Wildman–Crippen LogP) is 2.31. The van der Waals surface area contributed by atoms with Crippen LogP contribution in [0.3, 0.4) is 0 Å². The van der Waals surface area contributed by atoms with Crippen LogP contribution in [0.15, 0.2) is 22.8 Å². The summed E-state index contributed by atoms with van der Waals surface area (Å²) in [6.07, 6.45) is 3.02. The number of Topliss-reactive ketones (excluding diaryl/α,β-unsaturated/α-hetero) is 1. The second kappa shape index (κ2) is 3.86. The first-order chi connectivity index (χ1) is 9.54.